The Kier molecular flexibility index (Phi) is 5.92. The Morgan fingerprint density at radius 1 is 1.29 bits per heavy atom. The Hall–Kier alpha value is -0.610. The van der Waals surface area contributed by atoms with Gasteiger partial charge in [0.05, 0.1) is 6.04 Å². The molecule has 1 amide bonds. The first-order valence-electron chi connectivity index (χ1n) is 6.70. The first-order valence-corrected chi connectivity index (χ1v) is 6.70. The monoisotopic (exact) mass is 241 g/mol. The number of carbonyl (C=O) groups is 1. The van der Waals surface area contributed by atoms with Crippen molar-refractivity contribution in [2.75, 3.05) is 20.6 Å². The first-order chi connectivity index (χ1) is 7.99. The zero-order valence-electron chi connectivity index (χ0n) is 11.6. The zero-order chi connectivity index (χ0) is 12.8. The summed E-state index contributed by atoms with van der Waals surface area (Å²) in [5.41, 5.74) is 0. The predicted octanol–water partition coefficient (Wildman–Crippen LogP) is 0.973. The Balaban J connectivity index is 2.25. The van der Waals surface area contributed by atoms with Crippen LogP contribution in [0.15, 0.2) is 0 Å². The van der Waals surface area contributed by atoms with Crippen molar-refractivity contribution in [3.8, 4) is 0 Å². The van der Waals surface area contributed by atoms with E-state index in [1.54, 1.807) is 0 Å². The number of likely N-dealkylation sites (N-methyl/N-ethyl adjacent to an activating group) is 1. The summed E-state index contributed by atoms with van der Waals surface area (Å²) in [4.78, 5) is 14.1. The minimum absolute atomic E-state index is 0.106. The molecule has 0 aliphatic heterocycles. The Bertz CT molecular complexity index is 237. The average molecular weight is 241 g/mol. The van der Waals surface area contributed by atoms with Gasteiger partial charge in [-0.2, -0.15) is 0 Å². The summed E-state index contributed by atoms with van der Waals surface area (Å²) >= 11 is 0. The van der Waals surface area contributed by atoms with Gasteiger partial charge in [0.25, 0.3) is 0 Å². The molecule has 0 heterocycles. The van der Waals surface area contributed by atoms with Gasteiger partial charge in [-0.25, -0.2) is 0 Å². The minimum atomic E-state index is -0.106. The van der Waals surface area contributed by atoms with E-state index in [1.165, 1.54) is 12.8 Å². The molecule has 0 bridgehead atoms. The molecule has 1 rings (SSSR count). The molecule has 17 heavy (non-hydrogen) atoms. The van der Waals surface area contributed by atoms with Gasteiger partial charge in [-0.3, -0.25) is 4.79 Å². The van der Waals surface area contributed by atoms with E-state index in [0.717, 1.165) is 19.4 Å². The summed E-state index contributed by atoms with van der Waals surface area (Å²) < 4.78 is 0. The fourth-order valence-electron chi connectivity index (χ4n) is 2.50. The molecule has 2 N–H and O–H groups in total. The highest BCUT2D eigenvalue weighted by atomic mass is 16.2. The van der Waals surface area contributed by atoms with Crippen LogP contribution in [0.5, 0.6) is 0 Å². The molecule has 1 aliphatic rings. The standard InChI is InChI=1S/C13H27N3O/c1-10(9-16(3)4)14-11(2)13(17)15-12-7-5-6-8-12/h10-12,14H,5-9H2,1-4H3,(H,15,17). The summed E-state index contributed by atoms with van der Waals surface area (Å²) in [5, 5.41) is 6.45. The lowest BCUT2D eigenvalue weighted by atomic mass is 10.2. The summed E-state index contributed by atoms with van der Waals surface area (Å²) in [6.07, 6.45) is 4.80. The van der Waals surface area contributed by atoms with Crippen molar-refractivity contribution >= 4 is 5.91 Å². The van der Waals surface area contributed by atoms with Crippen LogP contribution in [0.4, 0.5) is 0 Å². The molecule has 2 atom stereocenters. The number of hydrogen-bond donors (Lipinski definition) is 2. The predicted molar refractivity (Wildman–Crippen MR) is 71.0 cm³/mol. The van der Waals surface area contributed by atoms with Crippen molar-refractivity contribution in [2.45, 2.75) is 57.7 Å². The second kappa shape index (κ2) is 6.97. The molecule has 2 unspecified atom stereocenters. The van der Waals surface area contributed by atoms with Crippen molar-refractivity contribution in [3.05, 3.63) is 0 Å². The molecule has 4 nitrogen and oxygen atoms in total. The maximum absolute atomic E-state index is 11.9. The van der Waals surface area contributed by atoms with Crippen LogP contribution in [0.3, 0.4) is 0 Å². The third-order valence-corrected chi connectivity index (χ3v) is 3.27. The molecule has 0 saturated heterocycles. The van der Waals surface area contributed by atoms with Crippen LogP contribution in [-0.2, 0) is 4.79 Å². The molecule has 100 valence electrons. The number of amides is 1. The zero-order valence-corrected chi connectivity index (χ0v) is 11.6. The fraction of sp³-hybridized carbons (Fsp3) is 0.923. The van der Waals surface area contributed by atoms with E-state index in [0.29, 0.717) is 12.1 Å². The lowest BCUT2D eigenvalue weighted by molar-refractivity contribution is -0.123. The molecule has 0 aromatic rings. The van der Waals surface area contributed by atoms with Gasteiger partial charge in [-0.05, 0) is 40.8 Å². The highest BCUT2D eigenvalue weighted by Crippen LogP contribution is 2.17. The maximum Gasteiger partial charge on any atom is 0.237 e. The van der Waals surface area contributed by atoms with Gasteiger partial charge in [-0.1, -0.05) is 12.8 Å². The van der Waals surface area contributed by atoms with Crippen LogP contribution >= 0.6 is 0 Å². The fourth-order valence-corrected chi connectivity index (χ4v) is 2.50. The smallest absolute Gasteiger partial charge is 0.237 e. The van der Waals surface area contributed by atoms with Crippen molar-refractivity contribution in [2.24, 2.45) is 0 Å². The molecule has 4 heteroatoms. The lowest BCUT2D eigenvalue weighted by Crippen LogP contribution is -2.50. The van der Waals surface area contributed by atoms with E-state index in [9.17, 15) is 4.79 Å². The number of nitrogens with zero attached hydrogens (tertiary/aromatic N) is 1. The van der Waals surface area contributed by atoms with Gasteiger partial charge >= 0.3 is 0 Å². The van der Waals surface area contributed by atoms with Gasteiger partial charge in [-0.15, -0.1) is 0 Å². The molecule has 1 fully saturated rings. The van der Waals surface area contributed by atoms with E-state index in [4.69, 9.17) is 0 Å². The molecule has 1 saturated carbocycles. The van der Waals surface area contributed by atoms with Crippen LogP contribution in [0.1, 0.15) is 39.5 Å². The summed E-state index contributed by atoms with van der Waals surface area (Å²) in [6.45, 7) is 5.00. The van der Waals surface area contributed by atoms with Crippen molar-refractivity contribution < 1.29 is 4.79 Å². The van der Waals surface area contributed by atoms with Crippen molar-refractivity contribution in [1.82, 2.24) is 15.5 Å². The van der Waals surface area contributed by atoms with Crippen molar-refractivity contribution in [1.29, 1.82) is 0 Å². The van der Waals surface area contributed by atoms with Crippen LogP contribution < -0.4 is 10.6 Å². The van der Waals surface area contributed by atoms with Crippen LogP contribution in [-0.4, -0.2) is 49.6 Å². The Labute approximate surface area is 105 Å². The first kappa shape index (κ1) is 14.5. The molecule has 0 aromatic heterocycles. The highest BCUT2D eigenvalue weighted by Gasteiger charge is 2.21. The SMILES string of the molecule is CC(CN(C)C)NC(C)C(=O)NC1CCCC1. The van der Waals surface area contributed by atoms with E-state index in [2.05, 4.69) is 22.5 Å². The second-order valence-corrected chi connectivity index (χ2v) is 5.54. The van der Waals surface area contributed by atoms with E-state index < -0.39 is 0 Å². The molecule has 0 spiro atoms. The van der Waals surface area contributed by atoms with E-state index >= 15 is 0 Å². The normalized spacial score (nSPS) is 20.5. The van der Waals surface area contributed by atoms with Gasteiger partial charge < -0.3 is 15.5 Å². The summed E-state index contributed by atoms with van der Waals surface area (Å²) in [5.74, 6) is 0.141. The largest absolute Gasteiger partial charge is 0.352 e. The minimum Gasteiger partial charge on any atom is -0.352 e. The van der Waals surface area contributed by atoms with Crippen molar-refractivity contribution in [3.63, 3.8) is 0 Å². The molecular weight excluding hydrogens is 214 g/mol. The third kappa shape index (κ3) is 5.50. The van der Waals surface area contributed by atoms with Gasteiger partial charge in [0.1, 0.15) is 0 Å². The third-order valence-electron chi connectivity index (χ3n) is 3.27. The highest BCUT2D eigenvalue weighted by molar-refractivity contribution is 5.81. The van der Waals surface area contributed by atoms with Gasteiger partial charge in [0.2, 0.25) is 5.91 Å². The van der Waals surface area contributed by atoms with Crippen LogP contribution in [0, 0.1) is 0 Å². The molecule has 1 aliphatic carbocycles. The average Bonchev–Trinajstić information content (AvgIpc) is 2.68. The number of carbonyl (C=O) groups excluding carboxylic acids is 1. The molecular formula is C13H27N3O. The quantitative estimate of drug-likeness (QED) is 0.728. The molecule has 0 aromatic carbocycles. The van der Waals surface area contributed by atoms with Crippen LogP contribution in [0.2, 0.25) is 0 Å². The van der Waals surface area contributed by atoms with Gasteiger partial charge in [0.15, 0.2) is 0 Å². The number of hydrogen-bond acceptors (Lipinski definition) is 3. The maximum atomic E-state index is 11.9. The summed E-state index contributed by atoms with van der Waals surface area (Å²) in [6, 6.07) is 0.635. The topological polar surface area (TPSA) is 44.4 Å². The lowest BCUT2D eigenvalue weighted by Gasteiger charge is -2.23. The number of nitrogens with one attached hydrogen (secondary N) is 2. The second-order valence-electron chi connectivity index (χ2n) is 5.54. The molecule has 0 radical (unpaired) electrons. The van der Waals surface area contributed by atoms with E-state index in [1.807, 2.05) is 21.0 Å². The van der Waals surface area contributed by atoms with Crippen LogP contribution in [0.25, 0.3) is 0 Å². The van der Waals surface area contributed by atoms with Gasteiger partial charge in [0, 0.05) is 18.6 Å². The summed E-state index contributed by atoms with van der Waals surface area (Å²) in [7, 11) is 4.09. The Morgan fingerprint density at radius 2 is 1.88 bits per heavy atom. The van der Waals surface area contributed by atoms with E-state index in [-0.39, 0.29) is 11.9 Å². The number of rotatable bonds is 6. The Morgan fingerprint density at radius 3 is 2.41 bits per heavy atom.